The number of nitrogens with zero attached hydrogens (tertiary/aromatic N) is 1. The van der Waals surface area contributed by atoms with Gasteiger partial charge in [-0.15, -0.1) is 11.3 Å². The average Bonchev–Trinajstić information content (AvgIpc) is 2.94. The summed E-state index contributed by atoms with van der Waals surface area (Å²) in [5.74, 6) is 5.57. The second-order valence-electron chi connectivity index (χ2n) is 5.87. The number of fused-ring (bicyclic) bond motifs is 1. The number of hydrogen-bond acceptors (Lipinski definition) is 3. The largest absolute Gasteiger partial charge is 0.343 e. The summed E-state index contributed by atoms with van der Waals surface area (Å²) in [6.07, 6.45) is 1.97. The quantitative estimate of drug-likeness (QED) is 0.469. The van der Waals surface area contributed by atoms with Gasteiger partial charge in [0.15, 0.2) is 4.84 Å². The molecule has 3 nitrogen and oxygen atoms in total. The van der Waals surface area contributed by atoms with Gasteiger partial charge in [-0.1, -0.05) is 47.3 Å². The highest BCUT2D eigenvalue weighted by molar-refractivity contribution is 7.71. The Morgan fingerprint density at radius 2 is 2.17 bits per heavy atom. The van der Waals surface area contributed by atoms with E-state index in [0.717, 1.165) is 20.3 Å². The molecule has 2 aromatic heterocycles. The molecule has 0 aliphatic heterocycles. The van der Waals surface area contributed by atoms with Crippen molar-refractivity contribution in [2.24, 2.45) is 0 Å². The minimum Gasteiger partial charge on any atom is -0.343 e. The Balaban J connectivity index is 2.38. The van der Waals surface area contributed by atoms with E-state index in [1.807, 2.05) is 17.6 Å². The van der Waals surface area contributed by atoms with Crippen LogP contribution in [0.15, 0.2) is 17.6 Å². The Hall–Kier alpha value is -1.06. The normalized spacial score (nSPS) is 11.4. The number of aromatic nitrogens is 1. The summed E-state index contributed by atoms with van der Waals surface area (Å²) in [5.41, 5.74) is 0.747. The summed E-state index contributed by atoms with van der Waals surface area (Å²) >= 11 is 18.1. The van der Waals surface area contributed by atoms with E-state index >= 15 is 0 Å². The number of thiophene rings is 1. The first kappa shape index (κ1) is 18.3. The highest BCUT2D eigenvalue weighted by Gasteiger charge is 2.16. The van der Waals surface area contributed by atoms with Gasteiger partial charge in [0, 0.05) is 22.7 Å². The fourth-order valence-corrected chi connectivity index (χ4v) is 3.58. The Morgan fingerprint density at radius 3 is 2.78 bits per heavy atom. The molecule has 23 heavy (non-hydrogen) atoms. The van der Waals surface area contributed by atoms with Crippen molar-refractivity contribution < 1.29 is 4.79 Å². The van der Waals surface area contributed by atoms with Gasteiger partial charge >= 0.3 is 0 Å². The van der Waals surface area contributed by atoms with Gasteiger partial charge in [0.2, 0.25) is 0 Å². The molecule has 2 aromatic rings. The predicted molar refractivity (Wildman–Crippen MR) is 101 cm³/mol. The summed E-state index contributed by atoms with van der Waals surface area (Å²) in [5, 5.41) is 5.59. The third kappa shape index (κ3) is 4.27. The fraction of sp³-hybridized carbons (Fsp3) is 0.375. The number of hydrogen-bond donors (Lipinski definition) is 1. The lowest BCUT2D eigenvalue weighted by Gasteiger charge is -2.24. The minimum absolute atomic E-state index is 0.135. The second-order valence-corrected chi connectivity index (χ2v) is 8.27. The maximum Gasteiger partial charge on any atom is 0.254 e. The van der Waals surface area contributed by atoms with Crippen molar-refractivity contribution in [1.82, 2.24) is 9.88 Å². The van der Waals surface area contributed by atoms with Gasteiger partial charge in [0.1, 0.15) is 4.64 Å². The molecule has 0 fully saturated rings. The molecule has 0 atom stereocenters. The zero-order chi connectivity index (χ0) is 17.2. The van der Waals surface area contributed by atoms with Crippen molar-refractivity contribution in [3.63, 3.8) is 0 Å². The topological polar surface area (TPSA) is 34.0 Å². The first-order valence-corrected chi connectivity index (χ1v) is 9.06. The first-order valence-electron chi connectivity index (χ1n) is 6.90. The Labute approximate surface area is 154 Å². The Morgan fingerprint density at radius 1 is 1.48 bits per heavy atom. The van der Waals surface area contributed by atoms with Crippen molar-refractivity contribution in [3.8, 4) is 11.8 Å². The molecule has 0 spiro atoms. The number of pyridine rings is 1. The summed E-state index contributed by atoms with van der Waals surface area (Å²) in [7, 11) is 0. The SMILES string of the molecule is CC(C)(C)n1cc(C#CCNC(=O)C(Cl)Cl)c2ccsc2c1=S. The standard InChI is InChI=1S/C16H16Cl2N2OS2/c1-16(2,3)20-9-10(5-4-7-19-14(21)13(17)18)11-6-8-23-12(11)15(20)22/h6,8-9,13H,7H2,1-3H3,(H,19,21). The van der Waals surface area contributed by atoms with E-state index < -0.39 is 10.7 Å². The zero-order valence-electron chi connectivity index (χ0n) is 12.9. The van der Waals surface area contributed by atoms with Crippen molar-refractivity contribution in [1.29, 1.82) is 0 Å². The van der Waals surface area contributed by atoms with Crippen molar-refractivity contribution >= 4 is 62.7 Å². The van der Waals surface area contributed by atoms with Crippen LogP contribution in [0.2, 0.25) is 0 Å². The average molecular weight is 387 g/mol. The molecule has 0 aliphatic carbocycles. The molecule has 2 rings (SSSR count). The molecule has 0 bridgehead atoms. The Kier molecular flexibility index (Phi) is 5.74. The molecular weight excluding hydrogens is 371 g/mol. The zero-order valence-corrected chi connectivity index (χ0v) is 16.1. The van der Waals surface area contributed by atoms with Crippen LogP contribution in [-0.2, 0) is 10.3 Å². The molecule has 0 radical (unpaired) electrons. The molecule has 0 aliphatic rings. The van der Waals surface area contributed by atoms with Crippen LogP contribution in [-0.4, -0.2) is 21.9 Å². The number of carbonyl (C=O) groups excluding carboxylic acids is 1. The molecular formula is C16H16Cl2N2OS2. The lowest BCUT2D eigenvalue weighted by Crippen LogP contribution is -2.28. The highest BCUT2D eigenvalue weighted by Crippen LogP contribution is 2.28. The van der Waals surface area contributed by atoms with Crippen molar-refractivity contribution in [3.05, 3.63) is 27.8 Å². The van der Waals surface area contributed by atoms with Gasteiger partial charge in [0.05, 0.1) is 11.2 Å². The number of halogens is 2. The molecule has 1 N–H and O–H groups in total. The van der Waals surface area contributed by atoms with Crippen LogP contribution in [0.3, 0.4) is 0 Å². The lowest BCUT2D eigenvalue weighted by atomic mass is 10.1. The Bertz CT molecular complexity index is 851. The third-order valence-electron chi connectivity index (χ3n) is 3.12. The number of nitrogens with one attached hydrogen (secondary N) is 1. The van der Waals surface area contributed by atoms with Crippen LogP contribution < -0.4 is 5.32 Å². The maximum absolute atomic E-state index is 11.3. The van der Waals surface area contributed by atoms with Crippen LogP contribution in [0.1, 0.15) is 26.3 Å². The molecule has 2 heterocycles. The summed E-state index contributed by atoms with van der Waals surface area (Å²) in [4.78, 5) is 10.2. The molecule has 7 heteroatoms. The van der Waals surface area contributed by atoms with E-state index in [1.165, 1.54) is 0 Å². The first-order chi connectivity index (χ1) is 10.7. The molecule has 0 unspecified atom stereocenters. The molecule has 0 saturated carbocycles. The van der Waals surface area contributed by atoms with E-state index in [9.17, 15) is 4.79 Å². The van der Waals surface area contributed by atoms with Crippen LogP contribution in [0.25, 0.3) is 10.1 Å². The van der Waals surface area contributed by atoms with Gasteiger partial charge in [-0.2, -0.15) is 0 Å². The van der Waals surface area contributed by atoms with Gasteiger partial charge < -0.3 is 9.88 Å². The van der Waals surface area contributed by atoms with E-state index in [4.69, 9.17) is 35.4 Å². The van der Waals surface area contributed by atoms with Crippen LogP contribution in [0.4, 0.5) is 0 Å². The van der Waals surface area contributed by atoms with Gasteiger partial charge in [-0.25, -0.2) is 0 Å². The third-order valence-corrected chi connectivity index (χ3v) is 4.97. The van der Waals surface area contributed by atoms with E-state index in [1.54, 1.807) is 11.3 Å². The van der Waals surface area contributed by atoms with Gasteiger partial charge in [-0.05, 0) is 32.2 Å². The minimum atomic E-state index is -1.08. The van der Waals surface area contributed by atoms with Crippen molar-refractivity contribution in [2.45, 2.75) is 31.1 Å². The molecule has 122 valence electrons. The van der Waals surface area contributed by atoms with Crippen LogP contribution in [0.5, 0.6) is 0 Å². The van der Waals surface area contributed by atoms with E-state index in [-0.39, 0.29) is 12.1 Å². The maximum atomic E-state index is 11.3. The van der Waals surface area contributed by atoms with Crippen LogP contribution in [0, 0.1) is 16.5 Å². The van der Waals surface area contributed by atoms with E-state index in [0.29, 0.717) is 0 Å². The van der Waals surface area contributed by atoms with Gasteiger partial charge in [-0.3, -0.25) is 4.79 Å². The molecule has 0 aromatic carbocycles. The fourth-order valence-electron chi connectivity index (χ4n) is 2.00. The smallest absolute Gasteiger partial charge is 0.254 e. The monoisotopic (exact) mass is 386 g/mol. The molecule has 1 amide bonds. The number of rotatable bonds is 2. The number of carbonyl (C=O) groups is 1. The predicted octanol–water partition coefficient (Wildman–Crippen LogP) is 4.46. The van der Waals surface area contributed by atoms with Crippen molar-refractivity contribution in [2.75, 3.05) is 6.54 Å². The molecule has 0 saturated heterocycles. The summed E-state index contributed by atoms with van der Waals surface area (Å²) < 4.78 is 3.91. The number of amides is 1. The summed E-state index contributed by atoms with van der Waals surface area (Å²) in [6, 6.07) is 2.01. The second kappa shape index (κ2) is 7.23. The van der Waals surface area contributed by atoms with Gasteiger partial charge in [0.25, 0.3) is 5.91 Å². The van der Waals surface area contributed by atoms with E-state index in [2.05, 4.69) is 42.5 Å². The summed E-state index contributed by atoms with van der Waals surface area (Å²) in [6.45, 7) is 6.48. The number of alkyl halides is 2. The highest BCUT2D eigenvalue weighted by atomic mass is 35.5. The lowest BCUT2D eigenvalue weighted by molar-refractivity contribution is -0.119. The van der Waals surface area contributed by atoms with Crippen LogP contribution >= 0.6 is 46.8 Å².